The Labute approximate surface area is 364 Å². The van der Waals surface area contributed by atoms with E-state index in [1.807, 2.05) is 44.6 Å². The van der Waals surface area contributed by atoms with Crippen molar-refractivity contribution in [1.29, 1.82) is 0 Å². The molecule has 0 bridgehead atoms. The van der Waals surface area contributed by atoms with Crippen LogP contribution in [0.25, 0.3) is 22.4 Å². The number of pyridine rings is 1. The third-order valence-corrected chi connectivity index (χ3v) is 14.0. The van der Waals surface area contributed by atoms with Crippen LogP contribution in [0.1, 0.15) is 77.2 Å². The van der Waals surface area contributed by atoms with Crippen molar-refractivity contribution in [2.24, 2.45) is 0 Å². The summed E-state index contributed by atoms with van der Waals surface area (Å²) in [4.78, 5) is 30.8. The fourth-order valence-electron chi connectivity index (χ4n) is 7.89. The lowest BCUT2D eigenvalue weighted by Gasteiger charge is -2.27. The van der Waals surface area contributed by atoms with Crippen LogP contribution >= 0.6 is 21.6 Å². The highest BCUT2D eigenvalue weighted by Crippen LogP contribution is 2.40. The van der Waals surface area contributed by atoms with Gasteiger partial charge in [0.2, 0.25) is 5.69 Å². The maximum atomic E-state index is 13.3. The summed E-state index contributed by atoms with van der Waals surface area (Å²) >= 11 is 0. The molecular weight excluding hydrogens is 781 g/mol. The molecule has 310 valence electrons. The minimum absolute atomic E-state index is 0.0677. The Hall–Kier alpha value is -5.45. The number of amides is 2. The highest BCUT2D eigenvalue weighted by molar-refractivity contribution is 8.76. The number of carbonyl (C=O) groups excluding carboxylic acids is 2. The van der Waals surface area contributed by atoms with Crippen LogP contribution in [0.2, 0.25) is 0 Å². The quantitative estimate of drug-likeness (QED) is 0.0620. The zero-order chi connectivity index (χ0) is 42.6. The minimum atomic E-state index is -0.265. The van der Waals surface area contributed by atoms with Gasteiger partial charge in [-0.05, 0) is 114 Å². The molecule has 3 heterocycles. The van der Waals surface area contributed by atoms with Crippen molar-refractivity contribution in [2.45, 2.75) is 44.9 Å². The predicted octanol–water partition coefficient (Wildman–Crippen LogP) is 9.63. The van der Waals surface area contributed by atoms with Crippen LogP contribution in [0.3, 0.4) is 0 Å². The van der Waals surface area contributed by atoms with Crippen LogP contribution in [-0.4, -0.2) is 64.6 Å². The van der Waals surface area contributed by atoms with Crippen LogP contribution < -0.4 is 30.3 Å². The van der Waals surface area contributed by atoms with E-state index in [0.717, 1.165) is 46.0 Å². The Morgan fingerprint density at radius 1 is 0.683 bits per heavy atom. The van der Waals surface area contributed by atoms with Crippen molar-refractivity contribution in [3.05, 3.63) is 155 Å². The van der Waals surface area contributed by atoms with Crippen LogP contribution in [-0.2, 0) is 10.8 Å². The van der Waals surface area contributed by atoms with E-state index in [0.29, 0.717) is 24.2 Å². The van der Waals surface area contributed by atoms with Crippen molar-refractivity contribution in [3.8, 4) is 16.8 Å². The van der Waals surface area contributed by atoms with E-state index in [1.54, 1.807) is 21.6 Å². The van der Waals surface area contributed by atoms with E-state index in [-0.39, 0.29) is 22.6 Å². The Kier molecular flexibility index (Phi) is 12.8. The number of anilines is 3. The zero-order valence-electron chi connectivity index (χ0n) is 36.1. The van der Waals surface area contributed by atoms with E-state index in [2.05, 4.69) is 163 Å². The van der Waals surface area contributed by atoms with Crippen molar-refractivity contribution in [2.75, 3.05) is 67.9 Å². The first-order chi connectivity index (χ1) is 28.7. The molecule has 3 N–H and O–H groups in total. The van der Waals surface area contributed by atoms with Crippen LogP contribution in [0.4, 0.5) is 17.1 Å². The van der Waals surface area contributed by atoms with E-state index in [4.69, 9.17) is 0 Å². The number of fused-ring (bicyclic) bond motifs is 4. The van der Waals surface area contributed by atoms with Gasteiger partial charge >= 0.3 is 0 Å². The first-order valence-corrected chi connectivity index (χ1v) is 23.1. The van der Waals surface area contributed by atoms with Gasteiger partial charge in [-0.25, -0.2) is 0 Å². The van der Waals surface area contributed by atoms with E-state index in [9.17, 15) is 9.59 Å². The van der Waals surface area contributed by atoms with Gasteiger partial charge in [0, 0.05) is 111 Å². The van der Waals surface area contributed by atoms with Crippen molar-refractivity contribution < 1.29 is 14.2 Å². The number of hydrogen-bond acceptors (Lipinski definition) is 7. The summed E-state index contributed by atoms with van der Waals surface area (Å²) < 4.78 is 2.25. The Morgan fingerprint density at radius 2 is 1.25 bits per heavy atom. The highest BCUT2D eigenvalue weighted by Gasteiger charge is 2.44. The lowest BCUT2D eigenvalue weighted by molar-refractivity contribution is -0.599. The highest BCUT2D eigenvalue weighted by atomic mass is 33.1. The van der Waals surface area contributed by atoms with Crippen LogP contribution in [0.5, 0.6) is 0 Å². The van der Waals surface area contributed by atoms with Gasteiger partial charge in [0.1, 0.15) is 0 Å². The second-order valence-electron chi connectivity index (χ2n) is 17.1. The SMILES string of the molecule is CN(C)c1ccc(C2=C/CC(C)(C)c3cc(C(=O)NCCSSCCNC(=O)c4ccc5c(c4)C(C)(C)c4cc(-c6ccc(N(C)C)cc6)cc[n+]4-5)ccc3N/C=C\2)cc1. The lowest BCUT2D eigenvalue weighted by atomic mass is 9.79. The van der Waals surface area contributed by atoms with Gasteiger partial charge in [-0.3, -0.25) is 9.59 Å². The Morgan fingerprint density at radius 3 is 1.85 bits per heavy atom. The number of nitrogens with one attached hydrogen (secondary N) is 3. The van der Waals surface area contributed by atoms with Gasteiger partial charge in [-0.1, -0.05) is 65.8 Å². The summed E-state index contributed by atoms with van der Waals surface area (Å²) in [7, 11) is 11.6. The summed E-state index contributed by atoms with van der Waals surface area (Å²) in [6.07, 6.45) is 9.36. The molecule has 0 saturated carbocycles. The van der Waals surface area contributed by atoms with Crippen molar-refractivity contribution in [3.63, 3.8) is 0 Å². The molecule has 0 spiro atoms. The molecule has 0 radical (unpaired) electrons. The number of benzene rings is 4. The third kappa shape index (κ3) is 9.30. The summed E-state index contributed by atoms with van der Waals surface area (Å²) in [5.74, 6) is 1.38. The number of allylic oxidation sites excluding steroid dienone is 3. The van der Waals surface area contributed by atoms with Gasteiger partial charge in [-0.2, -0.15) is 4.57 Å². The average Bonchev–Trinajstić information content (AvgIpc) is 3.50. The number of carbonyl (C=O) groups is 2. The predicted molar refractivity (Wildman–Crippen MR) is 255 cm³/mol. The van der Waals surface area contributed by atoms with Crippen LogP contribution in [0.15, 0.2) is 122 Å². The molecular formula is C50H57N6O2S2+. The lowest BCUT2D eigenvalue weighted by Crippen LogP contribution is -2.34. The van der Waals surface area contributed by atoms with Gasteiger partial charge in [0.15, 0.2) is 11.9 Å². The smallest absolute Gasteiger partial charge is 0.251 e. The zero-order valence-corrected chi connectivity index (χ0v) is 37.7. The first-order valence-electron chi connectivity index (χ1n) is 20.6. The molecule has 0 aliphatic carbocycles. The molecule has 2 aliphatic rings. The third-order valence-electron chi connectivity index (χ3n) is 11.6. The number of aromatic nitrogens is 1. The molecule has 2 amide bonds. The summed E-state index contributed by atoms with van der Waals surface area (Å²) in [5, 5.41) is 9.68. The minimum Gasteiger partial charge on any atom is -0.378 e. The van der Waals surface area contributed by atoms with Crippen molar-refractivity contribution in [1.82, 2.24) is 10.6 Å². The summed E-state index contributed by atoms with van der Waals surface area (Å²) in [6, 6.07) is 33.7. The van der Waals surface area contributed by atoms with Crippen LogP contribution in [0, 0.1) is 0 Å². The van der Waals surface area contributed by atoms with E-state index >= 15 is 0 Å². The molecule has 0 saturated heterocycles. The summed E-state index contributed by atoms with van der Waals surface area (Å²) in [6.45, 7) is 10.0. The molecule has 60 heavy (non-hydrogen) atoms. The van der Waals surface area contributed by atoms with E-state index in [1.165, 1.54) is 33.8 Å². The second-order valence-corrected chi connectivity index (χ2v) is 19.8. The molecule has 1 aromatic heterocycles. The molecule has 0 atom stereocenters. The average molecular weight is 838 g/mol. The first kappa shape index (κ1) is 42.7. The van der Waals surface area contributed by atoms with Gasteiger partial charge in [-0.15, -0.1) is 0 Å². The standard InChI is InChI=1S/C50H56N6O2S2/c1-49(2)24-21-36(34-9-15-40(16-10-34)54(5)6)22-25-51-44-19-13-38(31-42(44)49)47(57)52-26-29-59-60-30-27-53-48(58)39-14-20-45-43(32-39)50(3,4)46-33-37(23-28-56(45)46)35-11-17-41(18-12-35)55(7)8/h9-23,25,28,31-33H,24,26-27,29-30H2,1-8H3,(H2-,51,52,53,57,58)/p+1/b25-22-,36-21+. The van der Waals surface area contributed by atoms with Gasteiger partial charge < -0.3 is 25.8 Å². The molecule has 10 heteroatoms. The largest absolute Gasteiger partial charge is 0.378 e. The topological polar surface area (TPSA) is 80.6 Å². The number of hydrogen-bond donors (Lipinski definition) is 3. The van der Waals surface area contributed by atoms with Crippen molar-refractivity contribution >= 4 is 56.0 Å². The van der Waals surface area contributed by atoms with Gasteiger partial charge in [0.25, 0.3) is 11.8 Å². The molecule has 4 aromatic carbocycles. The van der Waals surface area contributed by atoms with Gasteiger partial charge in [0.05, 0.1) is 5.41 Å². The maximum absolute atomic E-state index is 13.3. The number of rotatable bonds is 13. The Bertz CT molecular complexity index is 2430. The molecule has 2 aliphatic heterocycles. The molecule has 7 rings (SSSR count). The monoisotopic (exact) mass is 837 g/mol. The molecule has 0 unspecified atom stereocenters. The van der Waals surface area contributed by atoms with E-state index < -0.39 is 0 Å². The molecule has 5 aromatic rings. The fraction of sp³-hybridized carbons (Fsp3) is 0.300. The molecule has 0 fully saturated rings. The number of nitrogens with zero attached hydrogens (tertiary/aromatic N) is 3. The normalized spacial score (nSPS) is 16.0. The maximum Gasteiger partial charge on any atom is 0.251 e. The fourth-order valence-corrected chi connectivity index (χ4v) is 9.70. The summed E-state index contributed by atoms with van der Waals surface area (Å²) in [5.41, 5.74) is 13.5. The Balaban J connectivity index is 0.862. The molecule has 8 nitrogen and oxygen atoms in total. The second kappa shape index (κ2) is 18.0.